The molecule has 3 nitrogen and oxygen atoms in total. The molecule has 0 aromatic heterocycles. The highest BCUT2D eigenvalue weighted by Crippen LogP contribution is 2.38. The van der Waals surface area contributed by atoms with Crippen molar-refractivity contribution in [2.75, 3.05) is 0 Å². The Bertz CT molecular complexity index is 284. The molecule has 1 fully saturated rings. The Balaban J connectivity index is 2.39. The van der Waals surface area contributed by atoms with Crippen molar-refractivity contribution in [3.63, 3.8) is 0 Å². The van der Waals surface area contributed by atoms with Crippen molar-refractivity contribution in [3.05, 3.63) is 0 Å². The van der Waals surface area contributed by atoms with Crippen LogP contribution in [0.5, 0.6) is 0 Å². The molecule has 0 heterocycles. The molecule has 0 radical (unpaired) electrons. The lowest BCUT2D eigenvalue weighted by atomic mass is 9.83. The highest BCUT2D eigenvalue weighted by molar-refractivity contribution is 9.10. The first-order valence-corrected chi connectivity index (χ1v) is 6.00. The summed E-state index contributed by atoms with van der Waals surface area (Å²) in [5.74, 6) is -5.37. The number of halogens is 3. The summed E-state index contributed by atoms with van der Waals surface area (Å²) in [6.07, 6.45) is 0.571. The van der Waals surface area contributed by atoms with Crippen LogP contribution in [-0.2, 0) is 9.59 Å². The number of ketones is 1. The van der Waals surface area contributed by atoms with Crippen LogP contribution in [0.3, 0.4) is 0 Å². The zero-order valence-electron chi connectivity index (χ0n) is 8.55. The lowest BCUT2D eigenvalue weighted by molar-refractivity contribution is -0.299. The van der Waals surface area contributed by atoms with Gasteiger partial charge in [-0.2, -0.15) is 0 Å². The third-order valence-electron chi connectivity index (χ3n) is 2.86. The summed E-state index contributed by atoms with van der Waals surface area (Å²) in [7, 11) is 0. The third kappa shape index (κ3) is 3.81. The van der Waals surface area contributed by atoms with Gasteiger partial charge >= 0.3 is 0 Å². The lowest BCUT2D eigenvalue weighted by Crippen LogP contribution is -2.38. The second kappa shape index (κ2) is 5.21. The number of rotatable bonds is 4. The van der Waals surface area contributed by atoms with Gasteiger partial charge in [0.2, 0.25) is 5.92 Å². The van der Waals surface area contributed by atoms with E-state index in [1.807, 2.05) is 0 Å². The molecule has 1 atom stereocenters. The van der Waals surface area contributed by atoms with Crippen molar-refractivity contribution in [2.24, 2.45) is 5.92 Å². The molecule has 0 N–H and O–H groups in total. The van der Waals surface area contributed by atoms with Crippen molar-refractivity contribution in [2.45, 2.75) is 42.9 Å². The molecule has 1 rings (SSSR count). The van der Waals surface area contributed by atoms with Gasteiger partial charge in [0.25, 0.3) is 0 Å². The molecule has 1 aliphatic rings. The van der Waals surface area contributed by atoms with Crippen molar-refractivity contribution in [1.82, 2.24) is 0 Å². The molecule has 0 amide bonds. The Labute approximate surface area is 100 Å². The zero-order valence-corrected chi connectivity index (χ0v) is 10.1. The Morgan fingerprint density at radius 1 is 1.38 bits per heavy atom. The van der Waals surface area contributed by atoms with E-state index >= 15 is 0 Å². The smallest absolute Gasteiger partial charge is 0.248 e. The Morgan fingerprint density at radius 2 is 1.88 bits per heavy atom. The van der Waals surface area contributed by atoms with E-state index in [0.29, 0.717) is 12.8 Å². The largest absolute Gasteiger partial charge is 0.542 e. The highest BCUT2D eigenvalue weighted by atomic mass is 79.9. The van der Waals surface area contributed by atoms with Gasteiger partial charge in [-0.25, -0.2) is 8.78 Å². The molecule has 0 saturated heterocycles. The van der Waals surface area contributed by atoms with Gasteiger partial charge in [0.05, 0.1) is 4.83 Å². The molecular formula is C10H12BrF2O3-. The van der Waals surface area contributed by atoms with E-state index in [1.165, 1.54) is 0 Å². The number of alkyl halides is 3. The predicted molar refractivity (Wildman–Crippen MR) is 54.3 cm³/mol. The van der Waals surface area contributed by atoms with Gasteiger partial charge in [-0.05, 0) is 25.2 Å². The van der Waals surface area contributed by atoms with Crippen LogP contribution in [0.25, 0.3) is 0 Å². The van der Waals surface area contributed by atoms with Gasteiger partial charge in [0.1, 0.15) is 5.97 Å². The maximum atomic E-state index is 12.8. The molecule has 0 aromatic carbocycles. The molecule has 0 aromatic rings. The first-order valence-electron chi connectivity index (χ1n) is 5.09. The highest BCUT2D eigenvalue weighted by Gasteiger charge is 2.35. The summed E-state index contributed by atoms with van der Waals surface area (Å²) in [6.45, 7) is 0. The quantitative estimate of drug-likeness (QED) is 0.580. The van der Waals surface area contributed by atoms with E-state index in [4.69, 9.17) is 0 Å². The van der Waals surface area contributed by atoms with Gasteiger partial charge in [-0.1, -0.05) is 15.9 Å². The third-order valence-corrected chi connectivity index (χ3v) is 3.65. The van der Waals surface area contributed by atoms with E-state index in [-0.39, 0.29) is 25.2 Å². The maximum absolute atomic E-state index is 12.8. The zero-order chi connectivity index (χ0) is 12.3. The number of aliphatic carboxylic acids is 1. The second-order valence-electron chi connectivity index (χ2n) is 4.15. The maximum Gasteiger partial charge on any atom is 0.248 e. The van der Waals surface area contributed by atoms with Crippen LogP contribution in [0.1, 0.15) is 32.1 Å². The molecule has 1 unspecified atom stereocenters. The summed E-state index contributed by atoms with van der Waals surface area (Å²) in [6, 6.07) is 0. The Hall–Kier alpha value is -0.520. The molecular weight excluding hydrogens is 286 g/mol. The van der Waals surface area contributed by atoms with Crippen LogP contribution in [0.2, 0.25) is 0 Å². The standard InChI is InChI=1S/C10H13BrF2O3/c11-7(8(14)9(15)16)5-6-1-3-10(12,13)4-2-6/h6-7H,1-5H2,(H,15,16)/p-1. The minimum Gasteiger partial charge on any atom is -0.542 e. The van der Waals surface area contributed by atoms with Gasteiger partial charge < -0.3 is 9.90 Å². The van der Waals surface area contributed by atoms with Gasteiger partial charge in [0.15, 0.2) is 5.78 Å². The number of hydrogen-bond donors (Lipinski definition) is 0. The topological polar surface area (TPSA) is 57.2 Å². The van der Waals surface area contributed by atoms with Crippen LogP contribution >= 0.6 is 15.9 Å². The Kier molecular flexibility index (Phi) is 4.41. The van der Waals surface area contributed by atoms with Gasteiger partial charge in [-0.3, -0.25) is 4.79 Å². The number of Topliss-reactive ketones (excluding diaryl/α,β-unsaturated/α-hetero) is 1. The molecule has 0 aliphatic heterocycles. The van der Waals surface area contributed by atoms with Crippen LogP contribution in [-0.4, -0.2) is 22.5 Å². The molecule has 0 spiro atoms. The minimum atomic E-state index is -2.60. The summed E-state index contributed by atoms with van der Waals surface area (Å²) in [5, 5.41) is 10.3. The van der Waals surface area contributed by atoms with E-state index < -0.39 is 22.5 Å². The first kappa shape index (κ1) is 13.5. The van der Waals surface area contributed by atoms with Crippen LogP contribution in [0.4, 0.5) is 8.78 Å². The van der Waals surface area contributed by atoms with Crippen LogP contribution in [0, 0.1) is 5.92 Å². The molecule has 92 valence electrons. The second-order valence-corrected chi connectivity index (χ2v) is 5.26. The molecule has 0 bridgehead atoms. The van der Waals surface area contributed by atoms with Crippen molar-refractivity contribution < 1.29 is 23.5 Å². The predicted octanol–water partition coefficient (Wildman–Crippen LogP) is 1.28. The SMILES string of the molecule is O=C([O-])C(=O)C(Br)CC1CCC(F)(F)CC1. The Morgan fingerprint density at radius 3 is 2.31 bits per heavy atom. The average molecular weight is 298 g/mol. The normalized spacial score (nSPS) is 22.7. The fourth-order valence-electron chi connectivity index (χ4n) is 1.86. The number of carboxylic acids is 1. The number of carbonyl (C=O) groups excluding carboxylic acids is 2. The number of hydrogen-bond acceptors (Lipinski definition) is 3. The van der Waals surface area contributed by atoms with E-state index in [1.54, 1.807) is 0 Å². The van der Waals surface area contributed by atoms with Crippen molar-refractivity contribution in [1.29, 1.82) is 0 Å². The van der Waals surface area contributed by atoms with E-state index in [2.05, 4.69) is 15.9 Å². The first-order chi connectivity index (χ1) is 7.32. The van der Waals surface area contributed by atoms with Crippen molar-refractivity contribution >= 4 is 27.7 Å². The van der Waals surface area contributed by atoms with Crippen LogP contribution in [0.15, 0.2) is 0 Å². The average Bonchev–Trinajstić information content (AvgIpc) is 2.19. The van der Waals surface area contributed by atoms with Gasteiger partial charge in [-0.15, -0.1) is 0 Å². The van der Waals surface area contributed by atoms with Crippen LogP contribution < -0.4 is 5.11 Å². The summed E-state index contributed by atoms with van der Waals surface area (Å²) < 4.78 is 25.6. The number of carboxylic acid groups (broad SMARTS) is 1. The lowest BCUT2D eigenvalue weighted by Gasteiger charge is -2.29. The van der Waals surface area contributed by atoms with Gasteiger partial charge in [0, 0.05) is 12.8 Å². The molecule has 16 heavy (non-hydrogen) atoms. The van der Waals surface area contributed by atoms with E-state index in [9.17, 15) is 23.5 Å². The summed E-state index contributed by atoms with van der Waals surface area (Å²) >= 11 is 2.95. The fraction of sp³-hybridized carbons (Fsp3) is 0.800. The monoisotopic (exact) mass is 297 g/mol. The molecule has 1 saturated carbocycles. The summed E-state index contributed by atoms with van der Waals surface area (Å²) in [4.78, 5) is 20.4. The van der Waals surface area contributed by atoms with Crippen molar-refractivity contribution in [3.8, 4) is 0 Å². The van der Waals surface area contributed by atoms with E-state index in [0.717, 1.165) is 0 Å². The minimum absolute atomic E-state index is 0.0210. The molecule has 6 heteroatoms. The number of carbonyl (C=O) groups is 2. The fourth-order valence-corrected chi connectivity index (χ4v) is 2.58. The summed E-state index contributed by atoms with van der Waals surface area (Å²) in [5.41, 5.74) is 0. The molecule has 1 aliphatic carbocycles.